The molecule has 0 saturated carbocycles. The van der Waals surface area contributed by atoms with Crippen LogP contribution in [0.15, 0.2) is 60.7 Å². The Balaban J connectivity index is 1.78. The Labute approximate surface area is 170 Å². The topological polar surface area (TPSA) is 71.1 Å². The highest BCUT2D eigenvalue weighted by molar-refractivity contribution is 5.90. The van der Waals surface area contributed by atoms with E-state index >= 15 is 0 Å². The second kappa shape index (κ2) is 9.27. The first-order chi connectivity index (χ1) is 14.3. The van der Waals surface area contributed by atoms with Gasteiger partial charge in [0, 0.05) is 7.11 Å². The molecule has 3 unspecified atom stereocenters. The lowest BCUT2D eigenvalue weighted by Crippen LogP contribution is -2.43. The van der Waals surface area contributed by atoms with Crippen molar-refractivity contribution < 1.29 is 41.7 Å². The quantitative estimate of drug-likeness (QED) is 0.660. The Bertz CT molecular complexity index is 856. The maximum Gasteiger partial charge on any atom is 0.400 e. The molecule has 9 heteroatoms. The van der Waals surface area contributed by atoms with Gasteiger partial charge in [-0.3, -0.25) is 0 Å². The van der Waals surface area contributed by atoms with Crippen LogP contribution in [0.1, 0.15) is 20.7 Å². The van der Waals surface area contributed by atoms with Crippen LogP contribution in [0.4, 0.5) is 13.2 Å². The van der Waals surface area contributed by atoms with Crippen LogP contribution < -0.4 is 0 Å². The van der Waals surface area contributed by atoms with Crippen molar-refractivity contribution in [2.24, 2.45) is 5.92 Å². The lowest BCUT2D eigenvalue weighted by molar-refractivity contribution is -0.239. The number of hydrogen-bond donors (Lipinski definition) is 0. The number of rotatable bonds is 6. The number of hydrogen-bond acceptors (Lipinski definition) is 6. The van der Waals surface area contributed by atoms with E-state index < -0.39 is 49.1 Å². The molecule has 1 saturated heterocycles. The second-order valence-electron chi connectivity index (χ2n) is 6.55. The normalized spacial score (nSPS) is 23.7. The summed E-state index contributed by atoms with van der Waals surface area (Å²) in [6, 6.07) is 15.5. The van der Waals surface area contributed by atoms with Crippen LogP contribution in [0.2, 0.25) is 0 Å². The molecular formula is C21H19F3O6. The fourth-order valence-corrected chi connectivity index (χ4v) is 3.13. The fourth-order valence-electron chi connectivity index (χ4n) is 3.13. The number of halogens is 3. The summed E-state index contributed by atoms with van der Waals surface area (Å²) in [5.74, 6) is -3.93. The summed E-state index contributed by atoms with van der Waals surface area (Å²) in [5, 5.41) is 0. The largest absolute Gasteiger partial charge is 0.459 e. The first-order valence-corrected chi connectivity index (χ1v) is 9.04. The number of esters is 2. The predicted molar refractivity (Wildman–Crippen MR) is 97.6 cm³/mol. The fraction of sp³-hybridized carbons (Fsp3) is 0.333. The Morgan fingerprint density at radius 3 is 1.97 bits per heavy atom. The van der Waals surface area contributed by atoms with Crippen LogP contribution in [-0.2, 0) is 18.9 Å². The zero-order valence-corrected chi connectivity index (χ0v) is 15.9. The highest BCUT2D eigenvalue weighted by atomic mass is 19.4. The highest BCUT2D eigenvalue weighted by Gasteiger charge is 2.60. The molecule has 6 nitrogen and oxygen atoms in total. The van der Waals surface area contributed by atoms with E-state index in [1.54, 1.807) is 36.4 Å². The smallest absolute Gasteiger partial charge is 0.400 e. The van der Waals surface area contributed by atoms with Gasteiger partial charge in [-0.15, -0.1) is 0 Å². The average molecular weight is 424 g/mol. The summed E-state index contributed by atoms with van der Waals surface area (Å²) >= 11 is 0. The molecule has 0 amide bonds. The summed E-state index contributed by atoms with van der Waals surface area (Å²) in [6.45, 7) is -0.549. The molecule has 1 heterocycles. The third kappa shape index (κ3) is 4.98. The van der Waals surface area contributed by atoms with E-state index in [9.17, 15) is 22.8 Å². The molecule has 1 aliphatic rings. The average Bonchev–Trinajstić information content (AvgIpc) is 3.11. The van der Waals surface area contributed by atoms with Crippen molar-refractivity contribution in [3.05, 3.63) is 71.8 Å². The molecule has 4 atom stereocenters. The lowest BCUT2D eigenvalue weighted by atomic mass is 9.99. The summed E-state index contributed by atoms with van der Waals surface area (Å²) < 4.78 is 61.4. The van der Waals surface area contributed by atoms with Gasteiger partial charge >= 0.3 is 18.1 Å². The van der Waals surface area contributed by atoms with Gasteiger partial charge in [0.15, 0.2) is 6.29 Å². The maximum atomic E-state index is 13.7. The van der Waals surface area contributed by atoms with Gasteiger partial charge in [0.1, 0.15) is 24.7 Å². The second-order valence-corrected chi connectivity index (χ2v) is 6.55. The Hall–Kier alpha value is -2.91. The number of benzene rings is 2. The van der Waals surface area contributed by atoms with Crippen LogP contribution in [0, 0.1) is 5.92 Å². The van der Waals surface area contributed by atoms with E-state index in [-0.39, 0.29) is 11.1 Å². The molecule has 3 rings (SSSR count). The van der Waals surface area contributed by atoms with Gasteiger partial charge in [0.2, 0.25) is 0 Å². The zero-order valence-electron chi connectivity index (χ0n) is 15.9. The van der Waals surface area contributed by atoms with Crippen molar-refractivity contribution in [2.75, 3.05) is 13.7 Å². The number of methoxy groups -OCH3 is 1. The Kier molecular flexibility index (Phi) is 6.73. The van der Waals surface area contributed by atoms with Crippen LogP contribution in [0.5, 0.6) is 0 Å². The molecule has 2 aromatic carbocycles. The monoisotopic (exact) mass is 424 g/mol. The molecule has 0 spiro atoms. The van der Waals surface area contributed by atoms with Crippen molar-refractivity contribution in [1.29, 1.82) is 0 Å². The van der Waals surface area contributed by atoms with Crippen molar-refractivity contribution in [2.45, 2.75) is 24.7 Å². The van der Waals surface area contributed by atoms with Gasteiger partial charge < -0.3 is 18.9 Å². The van der Waals surface area contributed by atoms with Crippen molar-refractivity contribution in [1.82, 2.24) is 0 Å². The maximum absolute atomic E-state index is 13.7. The Morgan fingerprint density at radius 2 is 1.47 bits per heavy atom. The minimum absolute atomic E-state index is 0.0827. The van der Waals surface area contributed by atoms with Crippen molar-refractivity contribution >= 4 is 11.9 Å². The molecule has 30 heavy (non-hydrogen) atoms. The van der Waals surface area contributed by atoms with Crippen LogP contribution >= 0.6 is 0 Å². The standard InChI is InChI=1S/C21H19F3O6/c1-27-20-16(21(22,23)24)17(30-19(26)14-10-6-3-7-11-14)15(29-20)12-28-18(25)13-8-4-2-5-9-13/h2-11,15-17,20H,12H2,1H3/t15-,16?,17?,20?/m1/s1. The highest BCUT2D eigenvalue weighted by Crippen LogP contribution is 2.42. The first kappa shape index (κ1) is 21.8. The number of ether oxygens (including phenoxy) is 4. The molecule has 0 radical (unpaired) electrons. The van der Waals surface area contributed by atoms with Crippen LogP contribution in [0.25, 0.3) is 0 Å². The Morgan fingerprint density at radius 1 is 0.933 bits per heavy atom. The molecule has 2 aromatic rings. The van der Waals surface area contributed by atoms with E-state index in [4.69, 9.17) is 18.9 Å². The molecule has 160 valence electrons. The third-order valence-electron chi connectivity index (χ3n) is 4.57. The van der Waals surface area contributed by atoms with Gasteiger partial charge in [-0.05, 0) is 24.3 Å². The summed E-state index contributed by atoms with van der Waals surface area (Å²) in [5.41, 5.74) is 0.309. The SMILES string of the molecule is COC1O[C@H](COC(=O)c2ccccc2)C(OC(=O)c2ccccc2)C1C(F)(F)F. The molecule has 1 fully saturated rings. The molecule has 0 bridgehead atoms. The van der Waals surface area contributed by atoms with Gasteiger partial charge in [-0.25, -0.2) is 9.59 Å². The molecular weight excluding hydrogens is 405 g/mol. The van der Waals surface area contributed by atoms with Gasteiger partial charge in [0.25, 0.3) is 0 Å². The van der Waals surface area contributed by atoms with E-state index in [0.717, 1.165) is 7.11 Å². The van der Waals surface area contributed by atoms with E-state index in [1.807, 2.05) is 0 Å². The van der Waals surface area contributed by atoms with Crippen LogP contribution in [-0.4, -0.2) is 50.3 Å². The van der Waals surface area contributed by atoms with E-state index in [1.165, 1.54) is 24.3 Å². The van der Waals surface area contributed by atoms with Crippen LogP contribution in [0.3, 0.4) is 0 Å². The number of alkyl halides is 3. The summed E-state index contributed by atoms with van der Waals surface area (Å²) in [4.78, 5) is 24.5. The van der Waals surface area contributed by atoms with E-state index in [0.29, 0.717) is 0 Å². The third-order valence-corrected chi connectivity index (χ3v) is 4.57. The molecule has 0 N–H and O–H groups in total. The van der Waals surface area contributed by atoms with Gasteiger partial charge in [-0.2, -0.15) is 13.2 Å². The first-order valence-electron chi connectivity index (χ1n) is 9.04. The van der Waals surface area contributed by atoms with Crippen molar-refractivity contribution in [3.63, 3.8) is 0 Å². The van der Waals surface area contributed by atoms with Gasteiger partial charge in [-0.1, -0.05) is 36.4 Å². The van der Waals surface area contributed by atoms with E-state index in [2.05, 4.69) is 0 Å². The summed E-state index contributed by atoms with van der Waals surface area (Å²) in [7, 11) is 1.05. The lowest BCUT2D eigenvalue weighted by Gasteiger charge is -2.25. The van der Waals surface area contributed by atoms with Gasteiger partial charge in [0.05, 0.1) is 11.1 Å². The minimum atomic E-state index is -4.78. The van der Waals surface area contributed by atoms with Crippen molar-refractivity contribution in [3.8, 4) is 0 Å². The number of carbonyl (C=O) groups is 2. The molecule has 0 aromatic heterocycles. The summed E-state index contributed by atoms with van der Waals surface area (Å²) in [6.07, 6.45) is -9.60. The molecule has 0 aliphatic carbocycles. The molecule has 1 aliphatic heterocycles. The minimum Gasteiger partial charge on any atom is -0.459 e. The zero-order chi connectivity index (χ0) is 21.7. The number of carbonyl (C=O) groups excluding carboxylic acids is 2. The predicted octanol–water partition coefficient (Wildman–Crippen LogP) is 3.62.